The molecule has 108 valence electrons. The summed E-state index contributed by atoms with van der Waals surface area (Å²) >= 11 is 0. The highest BCUT2D eigenvalue weighted by Gasteiger charge is 2.33. The average molecular weight is 273 g/mol. The molecule has 1 amide bonds. The third kappa shape index (κ3) is 3.57. The molecule has 2 fully saturated rings. The van der Waals surface area contributed by atoms with Crippen LogP contribution in [0.5, 0.6) is 0 Å². The molecule has 1 aliphatic carbocycles. The quantitative estimate of drug-likeness (QED) is 0.892. The Morgan fingerprint density at radius 2 is 1.90 bits per heavy atom. The number of nitrogens with one attached hydrogen (secondary N) is 1. The Morgan fingerprint density at radius 3 is 2.55 bits per heavy atom. The zero-order chi connectivity index (χ0) is 13.8. The fraction of sp³-hybridized carbons (Fsp3) is 0.625. The van der Waals surface area contributed by atoms with Gasteiger partial charge in [-0.1, -0.05) is 0 Å². The van der Waals surface area contributed by atoms with Gasteiger partial charge in [-0.15, -0.1) is 0 Å². The van der Waals surface area contributed by atoms with Crippen molar-refractivity contribution < 1.29 is 4.79 Å². The van der Waals surface area contributed by atoms with Gasteiger partial charge in [0, 0.05) is 31.4 Å². The number of carbonyl (C=O) groups excluding carboxylic acids is 1. The molecule has 3 rings (SSSR count). The summed E-state index contributed by atoms with van der Waals surface area (Å²) in [5, 5.41) is 3.36. The van der Waals surface area contributed by atoms with Gasteiger partial charge in [0.05, 0.1) is 0 Å². The highest BCUT2D eigenvalue weighted by Crippen LogP contribution is 2.30. The first-order chi connectivity index (χ1) is 9.83. The normalized spacial score (nSPS) is 19.8. The summed E-state index contributed by atoms with van der Waals surface area (Å²) in [4.78, 5) is 18.7. The number of aromatic nitrogens is 1. The first kappa shape index (κ1) is 13.6. The summed E-state index contributed by atoms with van der Waals surface area (Å²) in [5.74, 6) is 0.915. The fourth-order valence-corrected chi connectivity index (χ4v) is 2.94. The Hall–Kier alpha value is -1.42. The summed E-state index contributed by atoms with van der Waals surface area (Å²) in [6.45, 7) is 2.87. The summed E-state index contributed by atoms with van der Waals surface area (Å²) in [6.07, 6.45) is 8.95. The van der Waals surface area contributed by atoms with E-state index in [0.717, 1.165) is 38.9 Å². The predicted octanol–water partition coefficient (Wildman–Crippen LogP) is 1.96. The SMILES string of the molecule is O=C(CC1CCNCC1)N(Cc1ccncc1)C1CC1. The minimum Gasteiger partial charge on any atom is -0.335 e. The Labute approximate surface area is 120 Å². The van der Waals surface area contributed by atoms with Crippen molar-refractivity contribution >= 4 is 5.91 Å². The standard InChI is InChI=1S/C16H23N3O/c20-16(11-13-3-7-17-8-4-13)19(15-1-2-15)12-14-5-9-18-10-6-14/h5-6,9-10,13,15,17H,1-4,7-8,11-12H2. The van der Waals surface area contributed by atoms with Gasteiger partial charge in [-0.05, 0) is 62.4 Å². The second kappa shape index (κ2) is 6.35. The topological polar surface area (TPSA) is 45.2 Å². The molecule has 0 radical (unpaired) electrons. The van der Waals surface area contributed by atoms with Crippen molar-refractivity contribution in [2.45, 2.75) is 44.7 Å². The predicted molar refractivity (Wildman–Crippen MR) is 78.0 cm³/mol. The van der Waals surface area contributed by atoms with Crippen molar-refractivity contribution in [1.29, 1.82) is 0 Å². The number of rotatable bonds is 5. The van der Waals surface area contributed by atoms with Crippen LogP contribution in [-0.4, -0.2) is 34.9 Å². The molecule has 4 heteroatoms. The zero-order valence-corrected chi connectivity index (χ0v) is 11.9. The number of pyridine rings is 1. The van der Waals surface area contributed by atoms with E-state index in [1.807, 2.05) is 12.1 Å². The molecule has 1 aliphatic heterocycles. The minimum atomic E-state index is 0.344. The molecule has 1 saturated heterocycles. The fourth-order valence-electron chi connectivity index (χ4n) is 2.94. The molecule has 0 unspecified atom stereocenters. The van der Waals surface area contributed by atoms with Gasteiger partial charge < -0.3 is 10.2 Å². The first-order valence-corrected chi connectivity index (χ1v) is 7.72. The minimum absolute atomic E-state index is 0.344. The van der Waals surface area contributed by atoms with Gasteiger partial charge in [-0.2, -0.15) is 0 Å². The average Bonchev–Trinajstić information content (AvgIpc) is 3.31. The van der Waals surface area contributed by atoms with Gasteiger partial charge in [-0.3, -0.25) is 9.78 Å². The number of hydrogen-bond donors (Lipinski definition) is 1. The number of amides is 1. The van der Waals surface area contributed by atoms with Crippen LogP contribution in [0.25, 0.3) is 0 Å². The van der Waals surface area contributed by atoms with Crippen LogP contribution < -0.4 is 5.32 Å². The van der Waals surface area contributed by atoms with Crippen molar-refractivity contribution in [2.75, 3.05) is 13.1 Å². The molecule has 0 aromatic carbocycles. The zero-order valence-electron chi connectivity index (χ0n) is 11.9. The highest BCUT2D eigenvalue weighted by molar-refractivity contribution is 5.77. The maximum absolute atomic E-state index is 12.6. The molecule has 20 heavy (non-hydrogen) atoms. The highest BCUT2D eigenvalue weighted by atomic mass is 16.2. The first-order valence-electron chi connectivity index (χ1n) is 7.72. The Balaban J connectivity index is 1.59. The van der Waals surface area contributed by atoms with Crippen LogP contribution in [0.2, 0.25) is 0 Å². The molecule has 1 saturated carbocycles. The molecular weight excluding hydrogens is 250 g/mol. The van der Waals surface area contributed by atoms with Gasteiger partial charge in [-0.25, -0.2) is 0 Å². The van der Waals surface area contributed by atoms with E-state index < -0.39 is 0 Å². The maximum atomic E-state index is 12.6. The van der Waals surface area contributed by atoms with Gasteiger partial charge in [0.25, 0.3) is 0 Å². The van der Waals surface area contributed by atoms with Crippen LogP contribution in [-0.2, 0) is 11.3 Å². The van der Waals surface area contributed by atoms with Crippen molar-refractivity contribution in [2.24, 2.45) is 5.92 Å². The van der Waals surface area contributed by atoms with Gasteiger partial charge in [0.2, 0.25) is 5.91 Å². The van der Waals surface area contributed by atoms with Crippen LogP contribution in [0, 0.1) is 5.92 Å². The molecular formula is C16H23N3O. The van der Waals surface area contributed by atoms with E-state index in [9.17, 15) is 4.79 Å². The maximum Gasteiger partial charge on any atom is 0.223 e. The van der Waals surface area contributed by atoms with Gasteiger partial charge in [0.1, 0.15) is 0 Å². The molecule has 2 heterocycles. The Morgan fingerprint density at radius 1 is 1.20 bits per heavy atom. The van der Waals surface area contributed by atoms with Crippen LogP contribution in [0.3, 0.4) is 0 Å². The van der Waals surface area contributed by atoms with Crippen molar-refractivity contribution in [3.63, 3.8) is 0 Å². The summed E-state index contributed by atoms with van der Waals surface area (Å²) < 4.78 is 0. The van der Waals surface area contributed by atoms with E-state index in [4.69, 9.17) is 0 Å². The molecule has 1 aromatic heterocycles. The van der Waals surface area contributed by atoms with E-state index in [-0.39, 0.29) is 0 Å². The third-order valence-electron chi connectivity index (χ3n) is 4.33. The molecule has 1 N–H and O–H groups in total. The van der Waals surface area contributed by atoms with E-state index >= 15 is 0 Å². The van der Waals surface area contributed by atoms with Crippen molar-refractivity contribution in [3.8, 4) is 0 Å². The largest absolute Gasteiger partial charge is 0.335 e. The summed E-state index contributed by atoms with van der Waals surface area (Å²) in [5.41, 5.74) is 1.19. The van der Waals surface area contributed by atoms with E-state index in [1.54, 1.807) is 12.4 Å². The van der Waals surface area contributed by atoms with Crippen LogP contribution in [0.15, 0.2) is 24.5 Å². The number of hydrogen-bond acceptors (Lipinski definition) is 3. The smallest absolute Gasteiger partial charge is 0.223 e. The Bertz CT molecular complexity index is 438. The molecule has 2 aliphatic rings. The van der Waals surface area contributed by atoms with E-state index in [0.29, 0.717) is 17.9 Å². The lowest BCUT2D eigenvalue weighted by atomic mass is 9.94. The second-order valence-corrected chi connectivity index (χ2v) is 6.01. The number of nitrogens with zero attached hydrogens (tertiary/aromatic N) is 2. The third-order valence-corrected chi connectivity index (χ3v) is 4.33. The van der Waals surface area contributed by atoms with Crippen LogP contribution >= 0.6 is 0 Å². The Kier molecular flexibility index (Phi) is 4.31. The van der Waals surface area contributed by atoms with Gasteiger partial charge in [0.15, 0.2) is 0 Å². The lowest BCUT2D eigenvalue weighted by Crippen LogP contribution is -2.36. The molecule has 1 aromatic rings. The molecule has 0 spiro atoms. The van der Waals surface area contributed by atoms with Crippen molar-refractivity contribution in [3.05, 3.63) is 30.1 Å². The number of carbonyl (C=O) groups is 1. The van der Waals surface area contributed by atoms with Crippen molar-refractivity contribution in [1.82, 2.24) is 15.2 Å². The van der Waals surface area contributed by atoms with Gasteiger partial charge >= 0.3 is 0 Å². The van der Waals surface area contributed by atoms with Crippen LogP contribution in [0.4, 0.5) is 0 Å². The molecule has 0 atom stereocenters. The lowest BCUT2D eigenvalue weighted by Gasteiger charge is -2.27. The summed E-state index contributed by atoms with van der Waals surface area (Å²) in [7, 11) is 0. The van der Waals surface area contributed by atoms with E-state index in [2.05, 4.69) is 15.2 Å². The number of piperidine rings is 1. The second-order valence-electron chi connectivity index (χ2n) is 6.01. The molecule has 0 bridgehead atoms. The molecule has 4 nitrogen and oxygen atoms in total. The monoisotopic (exact) mass is 273 g/mol. The van der Waals surface area contributed by atoms with E-state index in [1.165, 1.54) is 18.4 Å². The van der Waals surface area contributed by atoms with Crippen LogP contribution in [0.1, 0.15) is 37.7 Å². The summed E-state index contributed by atoms with van der Waals surface area (Å²) in [6, 6.07) is 4.50. The lowest BCUT2D eigenvalue weighted by molar-refractivity contribution is -0.133.